The van der Waals surface area contributed by atoms with Gasteiger partial charge in [-0.15, -0.1) is 0 Å². The molecule has 1 aliphatic carbocycles. The Morgan fingerprint density at radius 2 is 2.00 bits per heavy atom. The summed E-state index contributed by atoms with van der Waals surface area (Å²) in [5.41, 5.74) is 1.33. The van der Waals surface area contributed by atoms with E-state index in [1.165, 1.54) is 5.56 Å². The largest absolute Gasteiger partial charge is 0.494 e. The highest BCUT2D eigenvalue weighted by molar-refractivity contribution is 5.30. The van der Waals surface area contributed by atoms with E-state index in [0.717, 1.165) is 38.0 Å². The molecule has 1 saturated carbocycles. The molecule has 1 aliphatic rings. The van der Waals surface area contributed by atoms with E-state index in [4.69, 9.17) is 4.74 Å². The van der Waals surface area contributed by atoms with E-state index in [2.05, 4.69) is 19.1 Å². The number of aliphatic hydroxyl groups excluding tert-OH is 1. The van der Waals surface area contributed by atoms with Gasteiger partial charge in [-0.3, -0.25) is 0 Å². The Morgan fingerprint density at radius 3 is 2.56 bits per heavy atom. The summed E-state index contributed by atoms with van der Waals surface area (Å²) in [5, 5.41) is 9.51. The average Bonchev–Trinajstić information content (AvgIpc) is 2.74. The van der Waals surface area contributed by atoms with Crippen LogP contribution in [-0.2, 0) is 0 Å². The van der Waals surface area contributed by atoms with Gasteiger partial charge in [0.05, 0.1) is 12.7 Å². The van der Waals surface area contributed by atoms with Crippen LogP contribution in [0, 0.1) is 0 Å². The van der Waals surface area contributed by atoms with E-state index in [0.29, 0.717) is 5.92 Å². The molecular formula is C14H20O2. The van der Waals surface area contributed by atoms with Gasteiger partial charge in [0.25, 0.3) is 0 Å². The van der Waals surface area contributed by atoms with E-state index in [1.807, 2.05) is 12.1 Å². The van der Waals surface area contributed by atoms with Crippen molar-refractivity contribution in [3.8, 4) is 5.75 Å². The van der Waals surface area contributed by atoms with Crippen molar-refractivity contribution in [2.24, 2.45) is 0 Å². The van der Waals surface area contributed by atoms with Crippen LogP contribution >= 0.6 is 0 Å². The van der Waals surface area contributed by atoms with E-state index in [1.54, 1.807) is 0 Å². The van der Waals surface area contributed by atoms with Crippen molar-refractivity contribution in [3.05, 3.63) is 29.8 Å². The van der Waals surface area contributed by atoms with E-state index in [-0.39, 0.29) is 6.10 Å². The molecule has 2 unspecified atom stereocenters. The summed E-state index contributed by atoms with van der Waals surface area (Å²) in [6, 6.07) is 8.34. The van der Waals surface area contributed by atoms with Crippen LogP contribution in [0.4, 0.5) is 0 Å². The Morgan fingerprint density at radius 1 is 1.25 bits per heavy atom. The number of aliphatic hydroxyl groups is 1. The Bertz CT molecular complexity index is 318. The van der Waals surface area contributed by atoms with Gasteiger partial charge >= 0.3 is 0 Å². The van der Waals surface area contributed by atoms with E-state index in [9.17, 15) is 5.11 Å². The van der Waals surface area contributed by atoms with Crippen molar-refractivity contribution in [1.29, 1.82) is 0 Å². The zero-order valence-electron chi connectivity index (χ0n) is 9.86. The summed E-state index contributed by atoms with van der Waals surface area (Å²) >= 11 is 0. The van der Waals surface area contributed by atoms with Crippen molar-refractivity contribution >= 4 is 0 Å². The predicted octanol–water partition coefficient (Wildman–Crippen LogP) is 3.10. The first-order valence-corrected chi connectivity index (χ1v) is 6.20. The smallest absolute Gasteiger partial charge is 0.119 e. The number of benzene rings is 1. The lowest BCUT2D eigenvalue weighted by Crippen LogP contribution is -2.00. The molecule has 2 rings (SSSR count). The Hall–Kier alpha value is -1.02. The lowest BCUT2D eigenvalue weighted by atomic mass is 9.98. The molecule has 16 heavy (non-hydrogen) atoms. The maximum Gasteiger partial charge on any atom is 0.119 e. The molecule has 0 bridgehead atoms. The highest BCUT2D eigenvalue weighted by Gasteiger charge is 2.23. The van der Waals surface area contributed by atoms with Gasteiger partial charge in [0, 0.05) is 0 Å². The SMILES string of the molecule is CCCOc1ccc(C2CCC(O)C2)cc1. The fraction of sp³-hybridized carbons (Fsp3) is 0.571. The molecule has 0 aliphatic heterocycles. The summed E-state index contributed by atoms with van der Waals surface area (Å²) in [4.78, 5) is 0. The molecule has 0 heterocycles. The minimum Gasteiger partial charge on any atom is -0.494 e. The summed E-state index contributed by atoms with van der Waals surface area (Å²) in [5.74, 6) is 1.49. The first-order chi connectivity index (χ1) is 7.79. The number of rotatable bonds is 4. The van der Waals surface area contributed by atoms with Crippen LogP contribution in [0.2, 0.25) is 0 Å². The number of ether oxygens (including phenoxy) is 1. The molecule has 88 valence electrons. The van der Waals surface area contributed by atoms with Crippen LogP contribution < -0.4 is 4.74 Å². The van der Waals surface area contributed by atoms with E-state index >= 15 is 0 Å². The molecular weight excluding hydrogens is 200 g/mol. The minimum absolute atomic E-state index is 0.0963. The van der Waals surface area contributed by atoms with Crippen LogP contribution in [-0.4, -0.2) is 17.8 Å². The number of hydrogen-bond acceptors (Lipinski definition) is 2. The second-order valence-corrected chi connectivity index (χ2v) is 4.58. The van der Waals surface area contributed by atoms with Gasteiger partial charge in [0.1, 0.15) is 5.75 Å². The van der Waals surface area contributed by atoms with Gasteiger partial charge in [-0.2, -0.15) is 0 Å². The molecule has 0 radical (unpaired) electrons. The second kappa shape index (κ2) is 5.35. The van der Waals surface area contributed by atoms with Crippen LogP contribution in [0.1, 0.15) is 44.1 Å². The van der Waals surface area contributed by atoms with E-state index < -0.39 is 0 Å². The summed E-state index contributed by atoms with van der Waals surface area (Å²) in [6.45, 7) is 2.88. The Balaban J connectivity index is 1.96. The van der Waals surface area contributed by atoms with Gasteiger partial charge in [0.2, 0.25) is 0 Å². The first kappa shape index (κ1) is 11.5. The zero-order chi connectivity index (χ0) is 11.4. The van der Waals surface area contributed by atoms with Gasteiger partial charge in [-0.1, -0.05) is 19.1 Å². The molecule has 2 nitrogen and oxygen atoms in total. The maximum absolute atomic E-state index is 9.51. The summed E-state index contributed by atoms with van der Waals surface area (Å²) < 4.78 is 5.54. The minimum atomic E-state index is -0.0963. The normalized spacial score (nSPS) is 24.6. The lowest BCUT2D eigenvalue weighted by molar-refractivity contribution is 0.181. The fourth-order valence-electron chi connectivity index (χ4n) is 2.32. The molecule has 1 N–H and O–H groups in total. The highest BCUT2D eigenvalue weighted by atomic mass is 16.5. The van der Waals surface area contributed by atoms with Crippen molar-refractivity contribution in [2.45, 2.75) is 44.6 Å². The molecule has 2 heteroatoms. The predicted molar refractivity (Wildman–Crippen MR) is 64.8 cm³/mol. The maximum atomic E-state index is 9.51. The van der Waals surface area contributed by atoms with Crippen LogP contribution in [0.5, 0.6) is 5.75 Å². The zero-order valence-corrected chi connectivity index (χ0v) is 9.86. The van der Waals surface area contributed by atoms with Gasteiger partial charge in [-0.05, 0) is 49.3 Å². The molecule has 0 spiro atoms. The van der Waals surface area contributed by atoms with Crippen LogP contribution in [0.15, 0.2) is 24.3 Å². The third-order valence-corrected chi connectivity index (χ3v) is 3.23. The molecule has 1 fully saturated rings. The lowest BCUT2D eigenvalue weighted by Gasteiger charge is -2.11. The molecule has 1 aromatic rings. The molecule has 2 atom stereocenters. The summed E-state index contributed by atoms with van der Waals surface area (Å²) in [6.07, 6.45) is 3.90. The van der Waals surface area contributed by atoms with Crippen molar-refractivity contribution < 1.29 is 9.84 Å². The monoisotopic (exact) mass is 220 g/mol. The highest BCUT2D eigenvalue weighted by Crippen LogP contribution is 2.34. The standard InChI is InChI=1S/C14H20O2/c1-2-9-16-14-7-4-11(5-8-14)12-3-6-13(15)10-12/h4-5,7-8,12-13,15H,2-3,6,9-10H2,1H3. The fourth-order valence-corrected chi connectivity index (χ4v) is 2.32. The molecule has 1 aromatic carbocycles. The molecule has 0 saturated heterocycles. The van der Waals surface area contributed by atoms with Crippen LogP contribution in [0.3, 0.4) is 0 Å². The van der Waals surface area contributed by atoms with Crippen LogP contribution in [0.25, 0.3) is 0 Å². The van der Waals surface area contributed by atoms with Crippen molar-refractivity contribution in [1.82, 2.24) is 0 Å². The Labute approximate surface area is 97.3 Å². The summed E-state index contributed by atoms with van der Waals surface area (Å²) in [7, 11) is 0. The average molecular weight is 220 g/mol. The first-order valence-electron chi connectivity index (χ1n) is 6.20. The second-order valence-electron chi connectivity index (χ2n) is 4.58. The van der Waals surface area contributed by atoms with Crippen molar-refractivity contribution in [3.63, 3.8) is 0 Å². The quantitative estimate of drug-likeness (QED) is 0.844. The van der Waals surface area contributed by atoms with Gasteiger partial charge in [0.15, 0.2) is 0 Å². The molecule has 0 aromatic heterocycles. The van der Waals surface area contributed by atoms with Gasteiger partial charge in [-0.25, -0.2) is 0 Å². The number of hydrogen-bond donors (Lipinski definition) is 1. The third kappa shape index (κ3) is 2.76. The topological polar surface area (TPSA) is 29.5 Å². The third-order valence-electron chi connectivity index (χ3n) is 3.23. The van der Waals surface area contributed by atoms with Crippen molar-refractivity contribution in [2.75, 3.05) is 6.61 Å². The van der Waals surface area contributed by atoms with Gasteiger partial charge < -0.3 is 9.84 Å². The Kier molecular flexibility index (Phi) is 3.83. The molecule has 0 amide bonds.